The molecule has 1 fully saturated rings. The highest BCUT2D eigenvalue weighted by molar-refractivity contribution is 6.33. The van der Waals surface area contributed by atoms with Crippen molar-refractivity contribution in [3.05, 3.63) is 52.5 Å². The van der Waals surface area contributed by atoms with Crippen LogP contribution in [0.3, 0.4) is 0 Å². The normalized spacial score (nSPS) is 16.6. The van der Waals surface area contributed by atoms with Gasteiger partial charge in [0.05, 0.1) is 10.6 Å². The molecule has 1 aliphatic heterocycles. The van der Waals surface area contributed by atoms with Crippen LogP contribution in [-0.2, 0) is 12.6 Å². The van der Waals surface area contributed by atoms with Crippen molar-refractivity contribution in [3.8, 4) is 11.1 Å². The molecule has 3 rings (SSSR count). The van der Waals surface area contributed by atoms with Gasteiger partial charge in [-0.2, -0.15) is 13.2 Å². The van der Waals surface area contributed by atoms with Crippen LogP contribution in [0.2, 0.25) is 5.02 Å². The van der Waals surface area contributed by atoms with Gasteiger partial charge in [-0.15, -0.1) is 0 Å². The number of nitrogens with two attached hydrogens (primary N) is 1. The molecule has 1 heterocycles. The van der Waals surface area contributed by atoms with Gasteiger partial charge in [-0.1, -0.05) is 35.9 Å². The van der Waals surface area contributed by atoms with Crippen molar-refractivity contribution >= 4 is 17.3 Å². The summed E-state index contributed by atoms with van der Waals surface area (Å²) in [4.78, 5) is 4.71. The number of piperazine rings is 1. The number of nitrogen functional groups attached to an aromatic ring is 1. The molecule has 0 bridgehead atoms. The Balaban J connectivity index is 1.76. The van der Waals surface area contributed by atoms with Crippen LogP contribution in [0.15, 0.2) is 36.4 Å². The van der Waals surface area contributed by atoms with Gasteiger partial charge in [0.1, 0.15) is 0 Å². The zero-order valence-electron chi connectivity index (χ0n) is 15.2. The van der Waals surface area contributed by atoms with Gasteiger partial charge in [0.25, 0.3) is 0 Å². The lowest BCUT2D eigenvalue weighted by Gasteiger charge is -2.32. The Labute approximate surface area is 162 Å². The van der Waals surface area contributed by atoms with Crippen molar-refractivity contribution in [2.45, 2.75) is 12.6 Å². The first-order valence-corrected chi connectivity index (χ1v) is 9.28. The van der Waals surface area contributed by atoms with Crippen molar-refractivity contribution in [2.24, 2.45) is 0 Å². The fourth-order valence-corrected chi connectivity index (χ4v) is 3.68. The molecule has 0 radical (unpaired) electrons. The highest BCUT2D eigenvalue weighted by Crippen LogP contribution is 2.42. The quantitative estimate of drug-likeness (QED) is 0.776. The number of alkyl halides is 3. The van der Waals surface area contributed by atoms with Crippen molar-refractivity contribution < 1.29 is 13.2 Å². The monoisotopic (exact) mass is 397 g/mol. The first-order chi connectivity index (χ1) is 12.7. The summed E-state index contributed by atoms with van der Waals surface area (Å²) in [5.74, 6) is 0. The lowest BCUT2D eigenvalue weighted by atomic mass is 9.97. The third-order valence-corrected chi connectivity index (χ3v) is 5.27. The molecule has 3 nitrogen and oxygen atoms in total. The minimum atomic E-state index is -4.52. The van der Waals surface area contributed by atoms with Crippen molar-refractivity contribution in [3.63, 3.8) is 0 Å². The van der Waals surface area contributed by atoms with E-state index in [4.69, 9.17) is 17.3 Å². The van der Waals surface area contributed by atoms with Crippen LogP contribution in [0.5, 0.6) is 0 Å². The predicted molar refractivity (Wildman–Crippen MR) is 104 cm³/mol. The Hall–Kier alpha value is -1.76. The Morgan fingerprint density at radius 2 is 1.67 bits per heavy atom. The second-order valence-electron chi connectivity index (χ2n) is 7.01. The summed E-state index contributed by atoms with van der Waals surface area (Å²) < 4.78 is 40.2. The van der Waals surface area contributed by atoms with Crippen LogP contribution >= 0.6 is 11.6 Å². The zero-order chi connectivity index (χ0) is 19.6. The maximum atomic E-state index is 13.4. The molecular formula is C20H23ClF3N3. The minimum Gasteiger partial charge on any atom is -0.399 e. The summed E-state index contributed by atoms with van der Waals surface area (Å²) in [6.07, 6.45) is -3.65. The van der Waals surface area contributed by atoms with Gasteiger partial charge < -0.3 is 15.5 Å². The van der Waals surface area contributed by atoms with Gasteiger partial charge in [-0.3, -0.25) is 0 Å². The molecular weight excluding hydrogens is 375 g/mol. The second kappa shape index (κ2) is 8.09. The van der Waals surface area contributed by atoms with Crippen molar-refractivity contribution in [1.82, 2.24) is 9.80 Å². The summed E-state index contributed by atoms with van der Waals surface area (Å²) in [6, 6.07) is 9.43. The molecule has 1 saturated heterocycles. The summed E-state index contributed by atoms with van der Waals surface area (Å²) in [7, 11) is 2.12. The van der Waals surface area contributed by atoms with E-state index >= 15 is 0 Å². The minimum absolute atomic E-state index is 0.000119. The average molecular weight is 398 g/mol. The number of anilines is 1. The Kier molecular flexibility index (Phi) is 5.99. The smallest absolute Gasteiger partial charge is 0.399 e. The highest BCUT2D eigenvalue weighted by atomic mass is 35.5. The molecule has 146 valence electrons. The van der Waals surface area contributed by atoms with Gasteiger partial charge in [0.15, 0.2) is 0 Å². The van der Waals surface area contributed by atoms with E-state index in [1.165, 1.54) is 6.07 Å². The third-order valence-electron chi connectivity index (χ3n) is 4.97. The maximum Gasteiger partial charge on any atom is 0.417 e. The Morgan fingerprint density at radius 3 is 2.26 bits per heavy atom. The number of hydrogen-bond acceptors (Lipinski definition) is 3. The van der Waals surface area contributed by atoms with E-state index in [0.717, 1.165) is 50.8 Å². The number of hydrogen-bond donors (Lipinski definition) is 1. The maximum absolute atomic E-state index is 13.4. The Morgan fingerprint density at radius 1 is 1.04 bits per heavy atom. The van der Waals surface area contributed by atoms with Crippen molar-refractivity contribution in [1.29, 1.82) is 0 Å². The van der Waals surface area contributed by atoms with Gasteiger partial charge in [0.2, 0.25) is 0 Å². The number of likely N-dealkylation sites (N-methyl/N-ethyl adjacent to an activating group) is 1. The van der Waals surface area contributed by atoms with Crippen LogP contribution in [0.4, 0.5) is 18.9 Å². The van der Waals surface area contributed by atoms with E-state index in [9.17, 15) is 13.2 Å². The third kappa shape index (κ3) is 4.94. The SMILES string of the molecule is CN1CCN(CCc2ccc(-c3c(Cl)cc(N)cc3C(F)(F)F)cc2)CC1. The highest BCUT2D eigenvalue weighted by Gasteiger charge is 2.35. The fourth-order valence-electron chi connectivity index (χ4n) is 3.34. The van der Waals surface area contributed by atoms with Crippen LogP contribution < -0.4 is 5.73 Å². The fraction of sp³-hybridized carbons (Fsp3) is 0.400. The topological polar surface area (TPSA) is 32.5 Å². The summed E-state index contributed by atoms with van der Waals surface area (Å²) in [5.41, 5.74) is 6.26. The lowest BCUT2D eigenvalue weighted by molar-refractivity contribution is -0.137. The molecule has 0 amide bonds. The molecule has 2 N–H and O–H groups in total. The van der Waals surface area contributed by atoms with Crippen LogP contribution in [0, 0.1) is 0 Å². The molecule has 0 spiro atoms. The molecule has 2 aromatic rings. The predicted octanol–water partition coefficient (Wildman–Crippen LogP) is 4.40. The number of rotatable bonds is 4. The number of halogens is 4. The van der Waals surface area contributed by atoms with Gasteiger partial charge in [-0.25, -0.2) is 0 Å². The van der Waals surface area contributed by atoms with Crippen LogP contribution in [0.25, 0.3) is 11.1 Å². The average Bonchev–Trinajstić information content (AvgIpc) is 2.60. The number of benzene rings is 2. The Bertz CT molecular complexity index is 782. The second-order valence-corrected chi connectivity index (χ2v) is 7.42. The first kappa shape index (κ1) is 20.0. The van der Waals surface area contributed by atoms with Crippen LogP contribution in [-0.4, -0.2) is 49.6 Å². The van der Waals surface area contributed by atoms with Crippen LogP contribution in [0.1, 0.15) is 11.1 Å². The van der Waals surface area contributed by atoms with Gasteiger partial charge in [0, 0.05) is 44.0 Å². The lowest BCUT2D eigenvalue weighted by Crippen LogP contribution is -2.45. The molecule has 0 aliphatic carbocycles. The largest absolute Gasteiger partial charge is 0.417 e. The number of nitrogens with zero attached hydrogens (tertiary/aromatic N) is 2. The van der Waals surface area contributed by atoms with E-state index in [0.29, 0.717) is 5.56 Å². The molecule has 0 aromatic heterocycles. The molecule has 0 saturated carbocycles. The zero-order valence-corrected chi connectivity index (χ0v) is 15.9. The van der Waals surface area contributed by atoms with E-state index in [1.54, 1.807) is 12.1 Å². The molecule has 2 aromatic carbocycles. The molecule has 27 heavy (non-hydrogen) atoms. The van der Waals surface area contributed by atoms with Crippen molar-refractivity contribution in [2.75, 3.05) is 45.5 Å². The van der Waals surface area contributed by atoms with E-state index < -0.39 is 11.7 Å². The summed E-state index contributed by atoms with van der Waals surface area (Å²) in [6.45, 7) is 5.17. The van der Waals surface area contributed by atoms with Gasteiger partial charge in [-0.05, 0) is 36.7 Å². The first-order valence-electron chi connectivity index (χ1n) is 8.90. The molecule has 7 heteroatoms. The molecule has 0 atom stereocenters. The standard InChI is InChI=1S/C20H23ClF3N3/c1-26-8-10-27(11-9-26)7-6-14-2-4-15(5-3-14)19-17(20(22,23)24)12-16(25)13-18(19)21/h2-5,12-13H,6-11,25H2,1H3. The summed E-state index contributed by atoms with van der Waals surface area (Å²) >= 11 is 6.10. The van der Waals surface area contributed by atoms with E-state index in [-0.39, 0.29) is 16.3 Å². The van der Waals surface area contributed by atoms with E-state index in [1.807, 2.05) is 12.1 Å². The molecule has 1 aliphatic rings. The van der Waals surface area contributed by atoms with Gasteiger partial charge >= 0.3 is 6.18 Å². The van der Waals surface area contributed by atoms with E-state index in [2.05, 4.69) is 16.8 Å². The summed E-state index contributed by atoms with van der Waals surface area (Å²) in [5, 5.41) is 0.00696. The molecule has 0 unspecified atom stereocenters.